The van der Waals surface area contributed by atoms with Gasteiger partial charge in [-0.2, -0.15) is 0 Å². The zero-order valence-electron chi connectivity index (χ0n) is 14.5. The van der Waals surface area contributed by atoms with Gasteiger partial charge in [-0.05, 0) is 42.0 Å². The molecule has 0 saturated carbocycles. The summed E-state index contributed by atoms with van der Waals surface area (Å²) in [6, 6.07) is 7.79. The number of methoxy groups -OCH3 is 1. The zero-order valence-corrected chi connectivity index (χ0v) is 15.3. The Morgan fingerprint density at radius 3 is 2.96 bits per heavy atom. The number of amides is 1. The number of rotatable bonds is 6. The number of para-hydroxylation sites is 1. The van der Waals surface area contributed by atoms with E-state index in [1.165, 1.54) is 5.56 Å². The second-order valence-corrected chi connectivity index (χ2v) is 7.17. The summed E-state index contributed by atoms with van der Waals surface area (Å²) < 4.78 is 11.2. The first-order chi connectivity index (χ1) is 12.1. The summed E-state index contributed by atoms with van der Waals surface area (Å²) in [7, 11) is 1.61. The first kappa shape index (κ1) is 17.8. The topological polar surface area (TPSA) is 59.0 Å². The summed E-state index contributed by atoms with van der Waals surface area (Å²) in [6.45, 7) is 3.19. The van der Waals surface area contributed by atoms with E-state index in [0.717, 1.165) is 16.2 Å². The minimum atomic E-state index is -0.244. The lowest BCUT2D eigenvalue weighted by Gasteiger charge is -2.30. The van der Waals surface area contributed by atoms with Crippen LogP contribution in [0.1, 0.15) is 16.0 Å². The van der Waals surface area contributed by atoms with Gasteiger partial charge < -0.3 is 19.5 Å². The van der Waals surface area contributed by atoms with Gasteiger partial charge in [0.05, 0.1) is 26.2 Å². The quantitative estimate of drug-likeness (QED) is 0.859. The number of ether oxygens (including phenoxy) is 2. The molecule has 1 aliphatic heterocycles. The Morgan fingerprint density at radius 1 is 1.44 bits per heavy atom. The SMILES string of the molecule is COc1cccc2c1OC[C@H](C(=O)N(CCO)Cc1sccc1C)C2. The predicted octanol–water partition coefficient (Wildman–Crippen LogP) is 2.64. The summed E-state index contributed by atoms with van der Waals surface area (Å²) in [4.78, 5) is 15.9. The molecule has 0 aliphatic carbocycles. The van der Waals surface area contributed by atoms with Crippen molar-refractivity contribution in [3.8, 4) is 11.5 Å². The predicted molar refractivity (Wildman–Crippen MR) is 97.2 cm³/mol. The van der Waals surface area contributed by atoms with Crippen molar-refractivity contribution in [1.29, 1.82) is 0 Å². The molecule has 0 radical (unpaired) electrons. The highest BCUT2D eigenvalue weighted by molar-refractivity contribution is 7.10. The van der Waals surface area contributed by atoms with E-state index in [4.69, 9.17) is 9.47 Å². The van der Waals surface area contributed by atoms with E-state index in [1.807, 2.05) is 36.6 Å². The normalized spacial score (nSPS) is 16.0. The van der Waals surface area contributed by atoms with Crippen LogP contribution in [0.3, 0.4) is 0 Å². The molecule has 0 saturated heterocycles. The molecule has 1 N–H and O–H groups in total. The van der Waals surface area contributed by atoms with Crippen LogP contribution in [0.5, 0.6) is 11.5 Å². The van der Waals surface area contributed by atoms with Gasteiger partial charge in [-0.3, -0.25) is 4.79 Å². The molecule has 0 unspecified atom stereocenters. The van der Waals surface area contributed by atoms with Crippen LogP contribution >= 0.6 is 11.3 Å². The number of carbonyl (C=O) groups is 1. The van der Waals surface area contributed by atoms with Gasteiger partial charge in [0.2, 0.25) is 5.91 Å². The third-order valence-electron chi connectivity index (χ3n) is 4.51. The minimum Gasteiger partial charge on any atom is -0.493 e. The second kappa shape index (κ2) is 7.89. The van der Waals surface area contributed by atoms with Crippen LogP contribution in [0, 0.1) is 12.8 Å². The zero-order chi connectivity index (χ0) is 17.8. The van der Waals surface area contributed by atoms with Gasteiger partial charge in [-0.15, -0.1) is 11.3 Å². The first-order valence-electron chi connectivity index (χ1n) is 8.35. The van der Waals surface area contributed by atoms with Crippen molar-refractivity contribution in [3.63, 3.8) is 0 Å². The van der Waals surface area contributed by atoms with Crippen molar-refractivity contribution in [1.82, 2.24) is 4.90 Å². The number of hydrogen-bond donors (Lipinski definition) is 1. The summed E-state index contributed by atoms with van der Waals surface area (Å²) in [5.74, 6) is 1.21. The minimum absolute atomic E-state index is 0.0234. The molecule has 2 aromatic rings. The van der Waals surface area contributed by atoms with Crippen LogP contribution in [0.15, 0.2) is 29.6 Å². The van der Waals surface area contributed by atoms with Gasteiger partial charge >= 0.3 is 0 Å². The fraction of sp³-hybridized carbons (Fsp3) is 0.421. The lowest BCUT2D eigenvalue weighted by Crippen LogP contribution is -2.41. The molecule has 0 fully saturated rings. The Hall–Kier alpha value is -2.05. The maximum absolute atomic E-state index is 13.0. The summed E-state index contributed by atoms with van der Waals surface area (Å²) >= 11 is 1.64. The van der Waals surface area contributed by atoms with Crippen molar-refractivity contribution in [3.05, 3.63) is 45.6 Å². The van der Waals surface area contributed by atoms with Crippen LogP contribution in [-0.2, 0) is 17.8 Å². The number of aliphatic hydroxyl groups excluding tert-OH is 1. The van der Waals surface area contributed by atoms with Crippen molar-refractivity contribution >= 4 is 17.2 Å². The summed E-state index contributed by atoms with van der Waals surface area (Å²) in [5, 5.41) is 11.4. The molecule has 6 heteroatoms. The largest absolute Gasteiger partial charge is 0.493 e. The average molecular weight is 361 g/mol. The van der Waals surface area contributed by atoms with E-state index >= 15 is 0 Å². The molecule has 2 heterocycles. The molecule has 1 aliphatic rings. The molecule has 134 valence electrons. The number of hydrogen-bond acceptors (Lipinski definition) is 5. The Balaban J connectivity index is 1.75. The lowest BCUT2D eigenvalue weighted by molar-refractivity contribution is -0.138. The van der Waals surface area contributed by atoms with E-state index in [1.54, 1.807) is 23.3 Å². The van der Waals surface area contributed by atoms with Crippen LogP contribution in [0.4, 0.5) is 0 Å². The molecule has 1 amide bonds. The second-order valence-electron chi connectivity index (χ2n) is 6.17. The van der Waals surface area contributed by atoms with Crippen molar-refractivity contribution in [2.45, 2.75) is 19.9 Å². The number of carbonyl (C=O) groups excluding carboxylic acids is 1. The average Bonchev–Trinajstić information content (AvgIpc) is 3.04. The first-order valence-corrected chi connectivity index (χ1v) is 9.23. The monoisotopic (exact) mass is 361 g/mol. The molecular weight excluding hydrogens is 338 g/mol. The van der Waals surface area contributed by atoms with Crippen molar-refractivity contribution in [2.24, 2.45) is 5.92 Å². The van der Waals surface area contributed by atoms with Gasteiger partial charge in [0.25, 0.3) is 0 Å². The summed E-state index contributed by atoms with van der Waals surface area (Å²) in [5.41, 5.74) is 2.16. The number of aryl methyl sites for hydroxylation is 1. The fourth-order valence-corrected chi connectivity index (χ4v) is 4.02. The van der Waals surface area contributed by atoms with Crippen LogP contribution in [0.2, 0.25) is 0 Å². The van der Waals surface area contributed by atoms with Gasteiger partial charge in [0, 0.05) is 11.4 Å². The smallest absolute Gasteiger partial charge is 0.229 e. The highest BCUT2D eigenvalue weighted by atomic mass is 32.1. The number of aliphatic hydroxyl groups is 1. The molecule has 5 nitrogen and oxygen atoms in total. The maximum atomic E-state index is 13.0. The highest BCUT2D eigenvalue weighted by Gasteiger charge is 2.31. The Morgan fingerprint density at radius 2 is 2.28 bits per heavy atom. The van der Waals surface area contributed by atoms with Gasteiger partial charge in [-0.1, -0.05) is 12.1 Å². The maximum Gasteiger partial charge on any atom is 0.229 e. The molecular formula is C19H23NO4S. The molecule has 3 rings (SSSR count). The molecule has 0 bridgehead atoms. The molecule has 1 aromatic heterocycles. The van der Waals surface area contributed by atoms with E-state index in [-0.39, 0.29) is 18.4 Å². The Labute approximate surface area is 151 Å². The van der Waals surface area contributed by atoms with Crippen LogP contribution < -0.4 is 9.47 Å². The fourth-order valence-electron chi connectivity index (χ4n) is 3.10. The van der Waals surface area contributed by atoms with E-state index < -0.39 is 0 Å². The van der Waals surface area contributed by atoms with Crippen molar-refractivity contribution < 1.29 is 19.4 Å². The molecule has 25 heavy (non-hydrogen) atoms. The Kier molecular flexibility index (Phi) is 5.60. The van der Waals surface area contributed by atoms with Crippen LogP contribution in [0.25, 0.3) is 0 Å². The third kappa shape index (κ3) is 3.80. The van der Waals surface area contributed by atoms with Gasteiger partial charge in [0.1, 0.15) is 6.61 Å². The summed E-state index contributed by atoms with van der Waals surface area (Å²) in [6.07, 6.45) is 0.622. The standard InChI is InChI=1S/C19H23NO4S/c1-13-6-9-25-17(13)11-20(7-8-21)19(22)15-10-14-4-3-5-16(23-2)18(14)24-12-15/h3-6,9,15,21H,7-8,10-12H2,1-2H3/t15-/m1/s1. The third-order valence-corrected chi connectivity index (χ3v) is 5.52. The Bertz CT molecular complexity index is 743. The van der Waals surface area contributed by atoms with Gasteiger partial charge in [0.15, 0.2) is 11.5 Å². The van der Waals surface area contributed by atoms with E-state index in [2.05, 4.69) is 0 Å². The molecule has 0 spiro atoms. The van der Waals surface area contributed by atoms with E-state index in [0.29, 0.717) is 31.9 Å². The molecule has 1 atom stereocenters. The number of fused-ring (bicyclic) bond motifs is 1. The van der Waals surface area contributed by atoms with E-state index in [9.17, 15) is 9.90 Å². The highest BCUT2D eigenvalue weighted by Crippen LogP contribution is 2.36. The van der Waals surface area contributed by atoms with Crippen molar-refractivity contribution in [2.75, 3.05) is 26.9 Å². The lowest BCUT2D eigenvalue weighted by atomic mass is 9.95. The number of nitrogens with zero attached hydrogens (tertiary/aromatic N) is 1. The number of thiophene rings is 1. The van der Waals surface area contributed by atoms with Crippen LogP contribution in [-0.4, -0.2) is 42.8 Å². The molecule has 1 aromatic carbocycles. The number of benzene rings is 1. The van der Waals surface area contributed by atoms with Gasteiger partial charge in [-0.25, -0.2) is 0 Å².